The van der Waals surface area contributed by atoms with Gasteiger partial charge >= 0.3 is 0 Å². The van der Waals surface area contributed by atoms with Crippen LogP contribution in [0.4, 0.5) is 5.69 Å². The highest BCUT2D eigenvalue weighted by molar-refractivity contribution is 6.31. The highest BCUT2D eigenvalue weighted by Gasteiger charge is 2.23. The van der Waals surface area contributed by atoms with Crippen LogP contribution in [0.2, 0.25) is 5.02 Å². The number of nitrogens with zero attached hydrogens (tertiary/aromatic N) is 1. The van der Waals surface area contributed by atoms with E-state index >= 15 is 0 Å². The third-order valence-electron chi connectivity index (χ3n) is 3.33. The minimum absolute atomic E-state index is 0.491. The van der Waals surface area contributed by atoms with Crippen molar-refractivity contribution in [3.63, 3.8) is 0 Å². The van der Waals surface area contributed by atoms with Gasteiger partial charge in [-0.2, -0.15) is 0 Å². The zero-order chi connectivity index (χ0) is 12.0. The van der Waals surface area contributed by atoms with Crippen LogP contribution in [0.15, 0.2) is 18.2 Å². The van der Waals surface area contributed by atoms with Crippen LogP contribution in [0.25, 0.3) is 10.9 Å². The molecule has 0 fully saturated rings. The minimum Gasteiger partial charge on any atom is -0.398 e. The summed E-state index contributed by atoms with van der Waals surface area (Å²) in [5.41, 5.74) is 9.34. The van der Waals surface area contributed by atoms with Crippen molar-refractivity contribution in [2.45, 2.75) is 25.4 Å². The molecule has 0 radical (unpaired) electrons. The van der Waals surface area contributed by atoms with Crippen molar-refractivity contribution in [3.05, 3.63) is 34.5 Å². The van der Waals surface area contributed by atoms with E-state index in [1.54, 1.807) is 6.07 Å². The van der Waals surface area contributed by atoms with E-state index < -0.39 is 6.10 Å². The largest absolute Gasteiger partial charge is 0.398 e. The van der Waals surface area contributed by atoms with Gasteiger partial charge in [0.05, 0.1) is 11.6 Å². The van der Waals surface area contributed by atoms with Crippen molar-refractivity contribution in [1.82, 2.24) is 4.98 Å². The van der Waals surface area contributed by atoms with Gasteiger partial charge in [-0.15, -0.1) is 0 Å². The molecule has 4 heteroatoms. The van der Waals surface area contributed by atoms with E-state index in [4.69, 9.17) is 17.3 Å². The Labute approximate surface area is 104 Å². The Morgan fingerprint density at radius 2 is 2.24 bits per heavy atom. The lowest BCUT2D eigenvalue weighted by atomic mass is 9.90. The molecule has 1 heterocycles. The van der Waals surface area contributed by atoms with Crippen LogP contribution in [0.3, 0.4) is 0 Å². The molecule has 1 aliphatic rings. The maximum absolute atomic E-state index is 10.0. The van der Waals surface area contributed by atoms with Crippen LogP contribution < -0.4 is 5.73 Å². The van der Waals surface area contributed by atoms with Gasteiger partial charge in [0.25, 0.3) is 0 Å². The van der Waals surface area contributed by atoms with Gasteiger partial charge in [0, 0.05) is 27.4 Å². The molecule has 0 bridgehead atoms. The average molecular weight is 249 g/mol. The summed E-state index contributed by atoms with van der Waals surface area (Å²) in [6, 6.07) is 5.48. The Kier molecular flexibility index (Phi) is 2.45. The van der Waals surface area contributed by atoms with Crippen LogP contribution in [0.1, 0.15) is 30.2 Å². The lowest BCUT2D eigenvalue weighted by Gasteiger charge is -2.23. The number of fused-ring (bicyclic) bond motifs is 2. The van der Waals surface area contributed by atoms with Crippen LogP contribution in [0.5, 0.6) is 0 Å². The van der Waals surface area contributed by atoms with Gasteiger partial charge in [-0.25, -0.2) is 0 Å². The van der Waals surface area contributed by atoms with Gasteiger partial charge in [0.1, 0.15) is 0 Å². The molecule has 0 saturated carbocycles. The Morgan fingerprint density at radius 3 is 3.06 bits per heavy atom. The van der Waals surface area contributed by atoms with Crippen molar-refractivity contribution in [3.8, 4) is 0 Å². The van der Waals surface area contributed by atoms with Crippen molar-refractivity contribution in [2.24, 2.45) is 0 Å². The average Bonchev–Trinajstić information content (AvgIpc) is 2.30. The summed E-state index contributed by atoms with van der Waals surface area (Å²) >= 11 is 5.96. The molecule has 0 spiro atoms. The molecular weight excluding hydrogens is 236 g/mol. The first-order valence-electron chi connectivity index (χ1n) is 5.72. The molecule has 0 unspecified atom stereocenters. The highest BCUT2D eigenvalue weighted by Crippen LogP contribution is 2.37. The number of nitrogens with two attached hydrogens (primary N) is 1. The summed E-state index contributed by atoms with van der Waals surface area (Å²) in [6.07, 6.45) is 2.11. The first-order valence-corrected chi connectivity index (χ1v) is 6.10. The van der Waals surface area contributed by atoms with Crippen LogP contribution in [0, 0.1) is 0 Å². The number of hydrogen-bond donors (Lipinski definition) is 2. The van der Waals surface area contributed by atoms with E-state index in [1.807, 2.05) is 12.1 Å². The first-order chi connectivity index (χ1) is 8.16. The summed E-state index contributed by atoms with van der Waals surface area (Å²) in [5.74, 6) is 0. The number of halogens is 1. The molecule has 0 amide bonds. The van der Waals surface area contributed by atoms with Gasteiger partial charge < -0.3 is 10.8 Å². The molecule has 3 rings (SSSR count). The Hall–Kier alpha value is -1.32. The number of aliphatic hydroxyl groups excluding tert-OH is 1. The number of aromatic nitrogens is 1. The SMILES string of the molecule is Nc1c2c(nc3ccc(Cl)cc13)CCC[C@@H]2O. The number of aliphatic hydroxyl groups is 1. The number of aryl methyl sites for hydroxylation is 1. The van der Waals surface area contributed by atoms with Crippen molar-refractivity contribution in [2.75, 3.05) is 5.73 Å². The lowest BCUT2D eigenvalue weighted by molar-refractivity contribution is 0.156. The fraction of sp³-hybridized carbons (Fsp3) is 0.308. The van der Waals surface area contributed by atoms with Crippen molar-refractivity contribution < 1.29 is 5.11 Å². The highest BCUT2D eigenvalue weighted by atomic mass is 35.5. The zero-order valence-electron chi connectivity index (χ0n) is 9.28. The molecule has 17 heavy (non-hydrogen) atoms. The van der Waals surface area contributed by atoms with Gasteiger partial charge in [-0.05, 0) is 37.5 Å². The normalized spacial score (nSPS) is 19.3. The smallest absolute Gasteiger partial charge is 0.0828 e. The maximum atomic E-state index is 10.0. The molecule has 3 nitrogen and oxygen atoms in total. The van der Waals surface area contributed by atoms with Crippen molar-refractivity contribution in [1.29, 1.82) is 0 Å². The molecule has 1 aliphatic carbocycles. The second kappa shape index (κ2) is 3.86. The summed E-state index contributed by atoms with van der Waals surface area (Å²) in [5, 5.41) is 11.5. The first kappa shape index (κ1) is 10.8. The Balaban J connectivity index is 2.36. The minimum atomic E-state index is -0.491. The van der Waals surface area contributed by atoms with Gasteiger partial charge in [0.15, 0.2) is 0 Å². The van der Waals surface area contributed by atoms with E-state index in [9.17, 15) is 5.11 Å². The van der Waals surface area contributed by atoms with E-state index in [2.05, 4.69) is 4.98 Å². The molecule has 88 valence electrons. The van der Waals surface area contributed by atoms with Crippen LogP contribution in [-0.4, -0.2) is 10.1 Å². The van der Waals surface area contributed by atoms with E-state index in [-0.39, 0.29) is 0 Å². The summed E-state index contributed by atoms with van der Waals surface area (Å²) in [6.45, 7) is 0. The van der Waals surface area contributed by atoms with Gasteiger partial charge in [-0.3, -0.25) is 4.98 Å². The van der Waals surface area contributed by atoms with Crippen LogP contribution >= 0.6 is 11.6 Å². The quantitative estimate of drug-likeness (QED) is 0.754. The molecule has 1 atom stereocenters. The summed E-state index contributed by atoms with van der Waals surface area (Å²) < 4.78 is 0. The van der Waals surface area contributed by atoms with Crippen molar-refractivity contribution >= 4 is 28.2 Å². The predicted octanol–water partition coefficient (Wildman–Crippen LogP) is 2.84. The Morgan fingerprint density at radius 1 is 1.41 bits per heavy atom. The van der Waals surface area contributed by atoms with E-state index in [1.165, 1.54) is 0 Å². The number of anilines is 1. The number of nitrogen functional groups attached to an aromatic ring is 1. The topological polar surface area (TPSA) is 59.1 Å². The fourth-order valence-electron chi connectivity index (χ4n) is 2.50. The number of pyridine rings is 1. The molecule has 1 aromatic heterocycles. The second-order valence-corrected chi connectivity index (χ2v) is 4.89. The summed E-state index contributed by atoms with van der Waals surface area (Å²) in [4.78, 5) is 4.57. The maximum Gasteiger partial charge on any atom is 0.0828 e. The van der Waals surface area contributed by atoms with E-state index in [0.29, 0.717) is 10.7 Å². The molecule has 0 aliphatic heterocycles. The third kappa shape index (κ3) is 1.66. The third-order valence-corrected chi connectivity index (χ3v) is 3.56. The molecular formula is C13H13ClN2O. The monoisotopic (exact) mass is 248 g/mol. The molecule has 3 N–H and O–H groups in total. The van der Waals surface area contributed by atoms with E-state index in [0.717, 1.165) is 41.4 Å². The molecule has 2 aromatic rings. The fourth-order valence-corrected chi connectivity index (χ4v) is 2.67. The van der Waals surface area contributed by atoms with Gasteiger partial charge in [0.2, 0.25) is 0 Å². The van der Waals surface area contributed by atoms with Crippen LogP contribution in [-0.2, 0) is 6.42 Å². The Bertz CT molecular complexity index is 597. The number of rotatable bonds is 0. The number of hydrogen-bond acceptors (Lipinski definition) is 3. The zero-order valence-corrected chi connectivity index (χ0v) is 10.0. The molecule has 0 saturated heterocycles. The summed E-state index contributed by atoms with van der Waals surface area (Å²) in [7, 11) is 0. The lowest BCUT2D eigenvalue weighted by Crippen LogP contribution is -2.14. The predicted molar refractivity (Wildman–Crippen MR) is 69.1 cm³/mol. The second-order valence-electron chi connectivity index (χ2n) is 4.46. The van der Waals surface area contributed by atoms with Gasteiger partial charge in [-0.1, -0.05) is 11.6 Å². The molecule has 1 aromatic carbocycles. The number of benzene rings is 1. The standard InChI is InChI=1S/C13H13ClN2O/c14-7-4-5-9-8(6-7)13(15)12-10(16-9)2-1-3-11(12)17/h4-6,11,17H,1-3H2,(H2,15,16)/t11-/m0/s1.